The highest BCUT2D eigenvalue weighted by Crippen LogP contribution is 2.23. The second-order valence-corrected chi connectivity index (χ2v) is 6.87. The first-order valence-electron chi connectivity index (χ1n) is 7.51. The SMILES string of the molecule is CN(Cc1ccc(CNC2CC2)cc1Br)C1CCOC1. The fourth-order valence-electron chi connectivity index (χ4n) is 2.65. The van der Waals surface area contributed by atoms with Gasteiger partial charge in [-0.25, -0.2) is 0 Å². The summed E-state index contributed by atoms with van der Waals surface area (Å²) < 4.78 is 6.68. The van der Waals surface area contributed by atoms with Crippen LogP contribution in [0.2, 0.25) is 0 Å². The summed E-state index contributed by atoms with van der Waals surface area (Å²) >= 11 is 3.72. The van der Waals surface area contributed by atoms with Crippen LogP contribution in [-0.4, -0.2) is 37.2 Å². The maximum atomic E-state index is 5.46. The summed E-state index contributed by atoms with van der Waals surface area (Å²) in [6.45, 7) is 3.74. The lowest BCUT2D eigenvalue weighted by Crippen LogP contribution is -2.31. The molecule has 1 saturated heterocycles. The summed E-state index contributed by atoms with van der Waals surface area (Å²) in [6, 6.07) is 8.08. The summed E-state index contributed by atoms with van der Waals surface area (Å²) in [5.74, 6) is 0. The van der Waals surface area contributed by atoms with E-state index in [0.717, 1.165) is 38.8 Å². The van der Waals surface area contributed by atoms with Crippen molar-refractivity contribution < 1.29 is 4.74 Å². The minimum atomic E-state index is 0.568. The van der Waals surface area contributed by atoms with Crippen molar-refractivity contribution in [2.24, 2.45) is 0 Å². The van der Waals surface area contributed by atoms with Crippen molar-refractivity contribution in [2.75, 3.05) is 20.3 Å². The molecule has 0 radical (unpaired) electrons. The molecule has 0 aromatic heterocycles. The first kappa shape index (κ1) is 14.5. The Balaban J connectivity index is 1.57. The van der Waals surface area contributed by atoms with Crippen molar-refractivity contribution in [2.45, 2.75) is 44.4 Å². The topological polar surface area (TPSA) is 24.5 Å². The molecule has 1 atom stereocenters. The maximum Gasteiger partial charge on any atom is 0.0622 e. The van der Waals surface area contributed by atoms with E-state index in [1.54, 1.807) is 0 Å². The van der Waals surface area contributed by atoms with Crippen molar-refractivity contribution in [3.8, 4) is 0 Å². The van der Waals surface area contributed by atoms with Crippen molar-refractivity contribution in [3.05, 3.63) is 33.8 Å². The van der Waals surface area contributed by atoms with Gasteiger partial charge in [0.2, 0.25) is 0 Å². The van der Waals surface area contributed by atoms with E-state index in [1.807, 2.05) is 0 Å². The van der Waals surface area contributed by atoms with Gasteiger partial charge in [0.1, 0.15) is 0 Å². The predicted molar refractivity (Wildman–Crippen MR) is 84.7 cm³/mol. The Bertz CT molecular complexity index is 456. The lowest BCUT2D eigenvalue weighted by Gasteiger charge is -2.23. The number of nitrogens with one attached hydrogen (secondary N) is 1. The summed E-state index contributed by atoms with van der Waals surface area (Å²) in [5, 5.41) is 3.56. The molecule has 0 amide bonds. The van der Waals surface area contributed by atoms with Gasteiger partial charge in [-0.2, -0.15) is 0 Å². The van der Waals surface area contributed by atoms with Gasteiger partial charge in [0.25, 0.3) is 0 Å². The van der Waals surface area contributed by atoms with Gasteiger partial charge in [-0.3, -0.25) is 4.90 Å². The Morgan fingerprint density at radius 3 is 2.85 bits per heavy atom. The lowest BCUT2D eigenvalue weighted by atomic mass is 10.1. The predicted octanol–water partition coefficient (Wildman–Crippen LogP) is 2.92. The van der Waals surface area contributed by atoms with Gasteiger partial charge < -0.3 is 10.1 Å². The lowest BCUT2D eigenvalue weighted by molar-refractivity contribution is 0.156. The molecule has 4 heteroatoms. The molecule has 110 valence electrons. The van der Waals surface area contributed by atoms with E-state index in [1.165, 1.54) is 28.4 Å². The van der Waals surface area contributed by atoms with Gasteiger partial charge in [0, 0.05) is 36.3 Å². The van der Waals surface area contributed by atoms with E-state index in [4.69, 9.17) is 4.74 Å². The molecule has 0 bridgehead atoms. The van der Waals surface area contributed by atoms with Crippen LogP contribution in [0.4, 0.5) is 0 Å². The van der Waals surface area contributed by atoms with E-state index in [9.17, 15) is 0 Å². The van der Waals surface area contributed by atoms with Crippen LogP contribution in [0.1, 0.15) is 30.4 Å². The summed E-state index contributed by atoms with van der Waals surface area (Å²) in [7, 11) is 2.19. The van der Waals surface area contributed by atoms with Gasteiger partial charge in [-0.05, 0) is 43.5 Å². The third-order valence-corrected chi connectivity index (χ3v) is 4.98. The molecule has 0 spiro atoms. The zero-order valence-electron chi connectivity index (χ0n) is 12.1. The van der Waals surface area contributed by atoms with Crippen molar-refractivity contribution in [3.63, 3.8) is 0 Å². The van der Waals surface area contributed by atoms with Crippen LogP contribution in [0.5, 0.6) is 0 Å². The first-order chi connectivity index (χ1) is 9.72. The second-order valence-electron chi connectivity index (χ2n) is 6.01. The van der Waals surface area contributed by atoms with Gasteiger partial charge in [-0.15, -0.1) is 0 Å². The van der Waals surface area contributed by atoms with Crippen LogP contribution in [0.3, 0.4) is 0 Å². The van der Waals surface area contributed by atoms with Crippen molar-refractivity contribution in [1.82, 2.24) is 10.2 Å². The molecule has 20 heavy (non-hydrogen) atoms. The molecule has 1 aliphatic heterocycles. The van der Waals surface area contributed by atoms with Crippen LogP contribution in [-0.2, 0) is 17.8 Å². The first-order valence-corrected chi connectivity index (χ1v) is 8.30. The number of likely N-dealkylation sites (N-methyl/N-ethyl adjacent to an activating group) is 1. The number of nitrogens with zero attached hydrogens (tertiary/aromatic N) is 1. The molecule has 3 rings (SSSR count). The smallest absolute Gasteiger partial charge is 0.0622 e. The number of hydrogen-bond acceptors (Lipinski definition) is 3. The molecule has 1 heterocycles. The number of ether oxygens (including phenoxy) is 1. The van der Waals surface area contributed by atoms with E-state index in [-0.39, 0.29) is 0 Å². The largest absolute Gasteiger partial charge is 0.380 e. The van der Waals surface area contributed by atoms with Crippen LogP contribution in [0.15, 0.2) is 22.7 Å². The van der Waals surface area contributed by atoms with Gasteiger partial charge in [0.15, 0.2) is 0 Å². The fraction of sp³-hybridized carbons (Fsp3) is 0.625. The summed E-state index contributed by atoms with van der Waals surface area (Å²) in [5.41, 5.74) is 2.72. The van der Waals surface area contributed by atoms with E-state index in [2.05, 4.69) is 51.4 Å². The molecular formula is C16H23BrN2O. The Morgan fingerprint density at radius 1 is 1.35 bits per heavy atom. The van der Waals surface area contributed by atoms with Crippen LogP contribution in [0, 0.1) is 0 Å². The molecular weight excluding hydrogens is 316 g/mol. The van der Waals surface area contributed by atoms with E-state index in [0.29, 0.717) is 6.04 Å². The molecule has 2 aliphatic rings. The third kappa shape index (κ3) is 3.82. The van der Waals surface area contributed by atoms with Gasteiger partial charge >= 0.3 is 0 Å². The standard InChI is InChI=1S/C16H23BrN2O/c1-19(15-6-7-20-11-15)10-13-3-2-12(8-16(13)17)9-18-14-4-5-14/h2-3,8,14-15,18H,4-7,9-11H2,1H3. The highest BCUT2D eigenvalue weighted by Gasteiger charge is 2.21. The second kappa shape index (κ2) is 6.56. The zero-order chi connectivity index (χ0) is 13.9. The van der Waals surface area contributed by atoms with E-state index >= 15 is 0 Å². The van der Waals surface area contributed by atoms with Crippen LogP contribution >= 0.6 is 15.9 Å². The molecule has 1 saturated carbocycles. The molecule has 1 aromatic rings. The van der Waals surface area contributed by atoms with Crippen molar-refractivity contribution in [1.29, 1.82) is 0 Å². The Hall–Kier alpha value is -0.420. The average molecular weight is 339 g/mol. The van der Waals surface area contributed by atoms with Crippen LogP contribution in [0.25, 0.3) is 0 Å². The third-order valence-electron chi connectivity index (χ3n) is 4.24. The molecule has 1 aliphatic carbocycles. The highest BCUT2D eigenvalue weighted by molar-refractivity contribution is 9.10. The maximum absolute atomic E-state index is 5.46. The van der Waals surface area contributed by atoms with E-state index < -0.39 is 0 Å². The average Bonchev–Trinajstić information content (AvgIpc) is 3.10. The summed E-state index contributed by atoms with van der Waals surface area (Å²) in [6.07, 6.45) is 3.83. The molecule has 3 nitrogen and oxygen atoms in total. The van der Waals surface area contributed by atoms with Gasteiger partial charge in [-0.1, -0.05) is 28.1 Å². The monoisotopic (exact) mass is 338 g/mol. The number of rotatable bonds is 6. The number of hydrogen-bond donors (Lipinski definition) is 1. The van der Waals surface area contributed by atoms with Crippen LogP contribution < -0.4 is 5.32 Å². The number of benzene rings is 1. The normalized spacial score (nSPS) is 22.6. The fourth-order valence-corrected chi connectivity index (χ4v) is 3.20. The minimum Gasteiger partial charge on any atom is -0.380 e. The summed E-state index contributed by atoms with van der Waals surface area (Å²) in [4.78, 5) is 2.40. The van der Waals surface area contributed by atoms with Gasteiger partial charge in [0.05, 0.1) is 6.61 Å². The Labute approximate surface area is 129 Å². The van der Waals surface area contributed by atoms with Crippen molar-refractivity contribution >= 4 is 15.9 Å². The molecule has 1 N–H and O–H groups in total. The Kier molecular flexibility index (Phi) is 4.76. The highest BCUT2D eigenvalue weighted by atomic mass is 79.9. The molecule has 1 aromatic carbocycles. The molecule has 2 fully saturated rings. The Morgan fingerprint density at radius 2 is 2.20 bits per heavy atom. The quantitative estimate of drug-likeness (QED) is 0.863. The minimum absolute atomic E-state index is 0.568. The zero-order valence-corrected chi connectivity index (χ0v) is 13.7. The number of halogens is 1. The molecule has 1 unspecified atom stereocenters.